The predicted molar refractivity (Wildman–Crippen MR) is 56.9 cm³/mol. The third kappa shape index (κ3) is 2.43. The molecule has 0 bridgehead atoms. The molecule has 14 heavy (non-hydrogen) atoms. The van der Waals surface area contributed by atoms with Crippen molar-refractivity contribution in [2.45, 2.75) is 6.10 Å². The van der Waals surface area contributed by atoms with E-state index in [1.807, 2.05) is 18.2 Å². The van der Waals surface area contributed by atoms with E-state index in [0.717, 1.165) is 11.5 Å². The Bertz CT molecular complexity index is 315. The number of aliphatic hydroxyl groups excluding tert-OH is 1. The molecule has 0 saturated heterocycles. The van der Waals surface area contributed by atoms with Crippen molar-refractivity contribution < 1.29 is 5.11 Å². The molecule has 1 aromatic rings. The number of hydrogen-bond donors (Lipinski definition) is 2. The first-order valence-corrected chi connectivity index (χ1v) is 4.24. The topological polar surface area (TPSA) is 57.5 Å². The van der Waals surface area contributed by atoms with Crippen molar-refractivity contribution in [2.75, 3.05) is 13.1 Å². The number of aliphatic imine (C=N–C) groups is 1. The summed E-state index contributed by atoms with van der Waals surface area (Å²) in [5, 5.41) is 12.2. The first kappa shape index (κ1) is 10.9. The Morgan fingerprint density at radius 1 is 1.43 bits per heavy atom. The number of halogens is 1. The van der Waals surface area contributed by atoms with Crippen molar-refractivity contribution >= 4 is 18.2 Å². The normalized spacial score (nSPS) is 20.4. The Morgan fingerprint density at radius 2 is 2.29 bits per heavy atom. The minimum atomic E-state index is -0.368. The summed E-state index contributed by atoms with van der Waals surface area (Å²) in [6, 6.07) is 5.67. The fourth-order valence-corrected chi connectivity index (χ4v) is 1.21. The van der Waals surface area contributed by atoms with Crippen LogP contribution in [0, 0.1) is 0 Å². The summed E-state index contributed by atoms with van der Waals surface area (Å²) >= 11 is 0. The molecule has 1 aliphatic heterocycles. The van der Waals surface area contributed by atoms with Crippen molar-refractivity contribution in [3.05, 3.63) is 30.1 Å². The maximum Gasteiger partial charge on any atom is 0.147 e. The molecule has 5 heteroatoms. The maximum atomic E-state index is 9.18. The smallest absolute Gasteiger partial charge is 0.147 e. The van der Waals surface area contributed by atoms with Crippen LogP contribution in [0.25, 0.3) is 0 Å². The highest BCUT2D eigenvalue weighted by Crippen LogP contribution is 1.99. The third-order valence-electron chi connectivity index (χ3n) is 1.87. The minimum absolute atomic E-state index is 0. The number of aromatic nitrogens is 1. The quantitative estimate of drug-likeness (QED) is 0.702. The van der Waals surface area contributed by atoms with E-state index in [1.54, 1.807) is 6.20 Å². The van der Waals surface area contributed by atoms with Crippen LogP contribution in [-0.2, 0) is 0 Å². The molecule has 0 amide bonds. The SMILES string of the molecule is Cl.OC1CN=C(c2ccccn2)NC1. The highest BCUT2D eigenvalue weighted by molar-refractivity contribution is 5.97. The zero-order valence-corrected chi connectivity index (χ0v) is 8.37. The molecule has 2 rings (SSSR count). The van der Waals surface area contributed by atoms with Gasteiger partial charge in [-0.1, -0.05) is 6.07 Å². The van der Waals surface area contributed by atoms with Crippen molar-refractivity contribution in [3.63, 3.8) is 0 Å². The van der Waals surface area contributed by atoms with Crippen LogP contribution < -0.4 is 5.32 Å². The van der Waals surface area contributed by atoms with Crippen LogP contribution in [0.1, 0.15) is 5.69 Å². The molecular weight excluding hydrogens is 202 g/mol. The van der Waals surface area contributed by atoms with Gasteiger partial charge >= 0.3 is 0 Å². The number of amidine groups is 1. The van der Waals surface area contributed by atoms with Crippen molar-refractivity contribution in [3.8, 4) is 0 Å². The number of β-amino-alcohol motifs (C(OH)–C–C–N with tert-alkyl or cyclic N) is 1. The number of pyridine rings is 1. The van der Waals surface area contributed by atoms with E-state index in [0.29, 0.717) is 13.1 Å². The van der Waals surface area contributed by atoms with Gasteiger partial charge in [0.05, 0.1) is 12.6 Å². The lowest BCUT2D eigenvalue weighted by atomic mass is 10.2. The summed E-state index contributed by atoms with van der Waals surface area (Å²) in [4.78, 5) is 8.33. The summed E-state index contributed by atoms with van der Waals surface area (Å²) < 4.78 is 0. The minimum Gasteiger partial charge on any atom is -0.389 e. The second-order valence-electron chi connectivity index (χ2n) is 2.94. The second-order valence-corrected chi connectivity index (χ2v) is 2.94. The van der Waals surface area contributed by atoms with Gasteiger partial charge in [-0.3, -0.25) is 9.98 Å². The van der Waals surface area contributed by atoms with Gasteiger partial charge in [0.25, 0.3) is 0 Å². The van der Waals surface area contributed by atoms with Crippen LogP contribution in [0.5, 0.6) is 0 Å². The average molecular weight is 214 g/mol. The first-order chi connectivity index (χ1) is 6.36. The largest absolute Gasteiger partial charge is 0.389 e. The Kier molecular flexibility index (Phi) is 3.85. The molecule has 2 heterocycles. The fourth-order valence-electron chi connectivity index (χ4n) is 1.21. The van der Waals surface area contributed by atoms with Crippen LogP contribution in [0.15, 0.2) is 29.4 Å². The van der Waals surface area contributed by atoms with Crippen molar-refractivity contribution in [1.29, 1.82) is 0 Å². The lowest BCUT2D eigenvalue weighted by molar-refractivity contribution is 0.181. The Labute approximate surface area is 88.5 Å². The molecule has 0 aliphatic carbocycles. The average Bonchev–Trinajstić information content (AvgIpc) is 2.20. The van der Waals surface area contributed by atoms with Crippen LogP contribution in [0.4, 0.5) is 0 Å². The van der Waals surface area contributed by atoms with Gasteiger partial charge in [0, 0.05) is 12.7 Å². The number of rotatable bonds is 1. The zero-order chi connectivity index (χ0) is 9.10. The highest BCUT2D eigenvalue weighted by Gasteiger charge is 2.13. The molecule has 0 radical (unpaired) electrons. The number of hydrogen-bond acceptors (Lipinski definition) is 4. The molecule has 1 unspecified atom stereocenters. The Balaban J connectivity index is 0.000000980. The van der Waals surface area contributed by atoms with E-state index in [-0.39, 0.29) is 18.5 Å². The molecule has 0 aromatic carbocycles. The fraction of sp³-hybridized carbons (Fsp3) is 0.333. The Morgan fingerprint density at radius 3 is 2.86 bits per heavy atom. The van der Waals surface area contributed by atoms with E-state index in [2.05, 4.69) is 15.3 Å². The monoisotopic (exact) mass is 213 g/mol. The highest BCUT2D eigenvalue weighted by atomic mass is 35.5. The lowest BCUT2D eigenvalue weighted by Gasteiger charge is -2.18. The molecule has 76 valence electrons. The van der Waals surface area contributed by atoms with Gasteiger partial charge < -0.3 is 10.4 Å². The van der Waals surface area contributed by atoms with Gasteiger partial charge in [0.1, 0.15) is 11.5 Å². The first-order valence-electron chi connectivity index (χ1n) is 4.24. The Hall–Kier alpha value is -1.13. The zero-order valence-electron chi connectivity index (χ0n) is 7.55. The van der Waals surface area contributed by atoms with Gasteiger partial charge in [0.15, 0.2) is 0 Å². The van der Waals surface area contributed by atoms with E-state index >= 15 is 0 Å². The molecule has 1 aromatic heterocycles. The van der Waals surface area contributed by atoms with E-state index in [1.165, 1.54) is 0 Å². The lowest BCUT2D eigenvalue weighted by Crippen LogP contribution is -2.39. The molecular formula is C9H12ClN3O. The number of nitrogens with zero attached hydrogens (tertiary/aromatic N) is 2. The van der Waals surface area contributed by atoms with Crippen LogP contribution in [0.3, 0.4) is 0 Å². The maximum absolute atomic E-state index is 9.18. The van der Waals surface area contributed by atoms with Gasteiger partial charge in [0.2, 0.25) is 0 Å². The van der Waals surface area contributed by atoms with E-state index in [9.17, 15) is 5.11 Å². The summed E-state index contributed by atoms with van der Waals surface area (Å²) in [6.45, 7) is 1.01. The summed E-state index contributed by atoms with van der Waals surface area (Å²) in [5.41, 5.74) is 0.828. The molecule has 1 aliphatic rings. The van der Waals surface area contributed by atoms with Crippen LogP contribution >= 0.6 is 12.4 Å². The summed E-state index contributed by atoms with van der Waals surface area (Å²) in [7, 11) is 0. The standard InChI is InChI=1S/C9H11N3O.ClH/c13-7-5-11-9(12-6-7)8-3-1-2-4-10-8;/h1-4,7,13H,5-6H2,(H,11,12);1H. The van der Waals surface area contributed by atoms with E-state index < -0.39 is 0 Å². The molecule has 1 atom stereocenters. The van der Waals surface area contributed by atoms with Crippen molar-refractivity contribution in [2.24, 2.45) is 4.99 Å². The number of nitrogens with one attached hydrogen (secondary N) is 1. The summed E-state index contributed by atoms with van der Waals surface area (Å²) in [5.74, 6) is 0.769. The predicted octanol–water partition coefficient (Wildman–Crippen LogP) is 0.214. The molecule has 0 spiro atoms. The molecule has 4 nitrogen and oxygen atoms in total. The van der Waals surface area contributed by atoms with Crippen LogP contribution in [0.2, 0.25) is 0 Å². The van der Waals surface area contributed by atoms with Gasteiger partial charge in [-0.25, -0.2) is 0 Å². The molecule has 0 saturated carbocycles. The van der Waals surface area contributed by atoms with Gasteiger partial charge in [-0.05, 0) is 12.1 Å². The van der Waals surface area contributed by atoms with Crippen LogP contribution in [-0.4, -0.2) is 35.1 Å². The van der Waals surface area contributed by atoms with Crippen molar-refractivity contribution in [1.82, 2.24) is 10.3 Å². The molecule has 0 fully saturated rings. The second kappa shape index (κ2) is 4.93. The van der Waals surface area contributed by atoms with Gasteiger partial charge in [-0.2, -0.15) is 0 Å². The summed E-state index contributed by atoms with van der Waals surface area (Å²) in [6.07, 6.45) is 1.36. The molecule has 2 N–H and O–H groups in total. The van der Waals surface area contributed by atoms with E-state index in [4.69, 9.17) is 0 Å². The third-order valence-corrected chi connectivity index (χ3v) is 1.87. The van der Waals surface area contributed by atoms with Gasteiger partial charge in [-0.15, -0.1) is 12.4 Å². The number of aliphatic hydroxyl groups is 1.